The van der Waals surface area contributed by atoms with E-state index in [0.717, 1.165) is 5.56 Å². The molecule has 1 aromatic rings. The number of ether oxygens (including phenoxy) is 2. The van der Waals surface area contributed by atoms with Gasteiger partial charge < -0.3 is 19.5 Å². The fourth-order valence-corrected chi connectivity index (χ4v) is 2.72. The number of piperazine rings is 1. The molecule has 0 aromatic heterocycles. The number of carbonyl (C=O) groups excluding carboxylic acids is 1. The van der Waals surface area contributed by atoms with Crippen molar-refractivity contribution in [1.82, 2.24) is 9.80 Å². The molecule has 0 bridgehead atoms. The average Bonchev–Trinajstić information content (AvgIpc) is 2.53. The molecule has 2 rings (SSSR count). The Morgan fingerprint density at radius 2 is 1.83 bits per heavy atom. The Morgan fingerprint density at radius 1 is 1.21 bits per heavy atom. The predicted molar refractivity (Wildman–Crippen MR) is 92.2 cm³/mol. The fraction of sp³-hybridized carbons (Fsp3) is 0.611. The minimum Gasteiger partial charge on any atom is -0.496 e. The van der Waals surface area contributed by atoms with Gasteiger partial charge in [0.2, 0.25) is 0 Å². The number of methoxy groups -OCH3 is 1. The number of aliphatic hydroxyl groups is 1. The summed E-state index contributed by atoms with van der Waals surface area (Å²) in [6, 6.07) is 7.50. The highest BCUT2D eigenvalue weighted by atomic mass is 16.6. The summed E-state index contributed by atoms with van der Waals surface area (Å²) < 4.78 is 10.7. The Kier molecular flexibility index (Phi) is 6.07. The van der Waals surface area contributed by atoms with Crippen molar-refractivity contribution in [2.75, 3.05) is 39.8 Å². The largest absolute Gasteiger partial charge is 0.496 e. The van der Waals surface area contributed by atoms with Gasteiger partial charge in [0, 0.05) is 38.3 Å². The molecule has 1 saturated heterocycles. The lowest BCUT2D eigenvalue weighted by Gasteiger charge is -2.36. The first kappa shape index (κ1) is 18.5. The molecule has 1 atom stereocenters. The van der Waals surface area contributed by atoms with E-state index in [9.17, 15) is 9.90 Å². The summed E-state index contributed by atoms with van der Waals surface area (Å²) in [4.78, 5) is 15.9. The summed E-state index contributed by atoms with van der Waals surface area (Å²) in [5, 5.41) is 10.5. The molecule has 0 spiro atoms. The fourth-order valence-electron chi connectivity index (χ4n) is 2.72. The van der Waals surface area contributed by atoms with Gasteiger partial charge in [0.05, 0.1) is 13.2 Å². The highest BCUT2D eigenvalue weighted by molar-refractivity contribution is 5.68. The Morgan fingerprint density at radius 3 is 2.42 bits per heavy atom. The van der Waals surface area contributed by atoms with Gasteiger partial charge in [0.1, 0.15) is 11.4 Å². The number of amides is 1. The van der Waals surface area contributed by atoms with Crippen LogP contribution in [0.15, 0.2) is 24.3 Å². The number of hydrogen-bond donors (Lipinski definition) is 1. The van der Waals surface area contributed by atoms with E-state index in [4.69, 9.17) is 9.47 Å². The lowest BCUT2D eigenvalue weighted by atomic mass is 10.1. The molecule has 0 aliphatic carbocycles. The van der Waals surface area contributed by atoms with Crippen molar-refractivity contribution < 1.29 is 19.4 Å². The van der Waals surface area contributed by atoms with Crippen LogP contribution in [0.3, 0.4) is 0 Å². The molecule has 1 aliphatic rings. The SMILES string of the molecule is COc1ccccc1C(O)CN1CCN(C(=O)OC(C)(C)C)CC1. The lowest BCUT2D eigenvalue weighted by molar-refractivity contribution is 0.0100. The Balaban J connectivity index is 1.85. The number of carbonyl (C=O) groups is 1. The summed E-state index contributed by atoms with van der Waals surface area (Å²) >= 11 is 0. The van der Waals surface area contributed by atoms with Crippen LogP contribution < -0.4 is 4.74 Å². The number of hydrogen-bond acceptors (Lipinski definition) is 5. The first-order chi connectivity index (χ1) is 11.3. The zero-order valence-electron chi connectivity index (χ0n) is 15.0. The number of aliphatic hydroxyl groups excluding tert-OH is 1. The summed E-state index contributed by atoms with van der Waals surface area (Å²) in [6.07, 6.45) is -0.887. The van der Waals surface area contributed by atoms with E-state index in [1.807, 2.05) is 45.0 Å². The van der Waals surface area contributed by atoms with Crippen molar-refractivity contribution in [3.05, 3.63) is 29.8 Å². The molecule has 1 amide bonds. The van der Waals surface area contributed by atoms with Crippen LogP contribution in [0.25, 0.3) is 0 Å². The van der Waals surface area contributed by atoms with Crippen LogP contribution in [-0.2, 0) is 4.74 Å². The van der Waals surface area contributed by atoms with Crippen LogP contribution in [0.4, 0.5) is 4.79 Å². The monoisotopic (exact) mass is 336 g/mol. The highest BCUT2D eigenvalue weighted by Crippen LogP contribution is 2.25. The zero-order valence-corrected chi connectivity index (χ0v) is 15.0. The molecule has 24 heavy (non-hydrogen) atoms. The molecular formula is C18H28N2O4. The molecule has 1 unspecified atom stereocenters. The second-order valence-electron chi connectivity index (χ2n) is 7.03. The molecule has 6 nitrogen and oxygen atoms in total. The first-order valence-corrected chi connectivity index (χ1v) is 8.31. The Hall–Kier alpha value is -1.79. The third kappa shape index (κ3) is 5.11. The number of benzene rings is 1. The zero-order chi connectivity index (χ0) is 17.7. The van der Waals surface area contributed by atoms with Gasteiger partial charge in [-0.3, -0.25) is 4.90 Å². The normalized spacial score (nSPS) is 17.5. The van der Waals surface area contributed by atoms with E-state index in [1.54, 1.807) is 12.0 Å². The predicted octanol–water partition coefficient (Wildman–Crippen LogP) is 2.28. The molecule has 1 fully saturated rings. The van der Waals surface area contributed by atoms with E-state index < -0.39 is 11.7 Å². The van der Waals surface area contributed by atoms with Crippen molar-refractivity contribution >= 4 is 6.09 Å². The third-order valence-corrected chi connectivity index (χ3v) is 3.95. The van der Waals surface area contributed by atoms with Crippen molar-refractivity contribution in [3.8, 4) is 5.75 Å². The molecule has 0 saturated carbocycles. The van der Waals surface area contributed by atoms with Crippen molar-refractivity contribution in [2.24, 2.45) is 0 Å². The Bertz CT molecular complexity index is 548. The summed E-state index contributed by atoms with van der Waals surface area (Å²) in [6.45, 7) is 8.75. The van der Waals surface area contributed by atoms with Gasteiger partial charge in [-0.15, -0.1) is 0 Å². The average molecular weight is 336 g/mol. The van der Waals surface area contributed by atoms with Crippen LogP contribution in [0, 0.1) is 0 Å². The summed E-state index contributed by atoms with van der Waals surface area (Å²) in [5.41, 5.74) is 0.309. The van der Waals surface area contributed by atoms with Gasteiger partial charge in [-0.05, 0) is 26.8 Å². The maximum absolute atomic E-state index is 12.1. The first-order valence-electron chi connectivity index (χ1n) is 8.31. The van der Waals surface area contributed by atoms with Crippen LogP contribution >= 0.6 is 0 Å². The molecular weight excluding hydrogens is 308 g/mol. The minimum absolute atomic E-state index is 0.271. The van der Waals surface area contributed by atoms with E-state index in [1.165, 1.54) is 0 Å². The molecule has 0 radical (unpaired) electrons. The van der Waals surface area contributed by atoms with Crippen LogP contribution in [0.2, 0.25) is 0 Å². The van der Waals surface area contributed by atoms with Crippen molar-refractivity contribution in [2.45, 2.75) is 32.5 Å². The second-order valence-corrected chi connectivity index (χ2v) is 7.03. The van der Waals surface area contributed by atoms with E-state index in [-0.39, 0.29) is 6.09 Å². The minimum atomic E-state index is -0.616. The maximum Gasteiger partial charge on any atom is 0.410 e. The summed E-state index contributed by atoms with van der Waals surface area (Å²) in [5.74, 6) is 0.692. The van der Waals surface area contributed by atoms with Crippen molar-refractivity contribution in [3.63, 3.8) is 0 Å². The number of β-amino-alcohol motifs (C(OH)–C–C–N with tert-alkyl or cyclic N) is 1. The quantitative estimate of drug-likeness (QED) is 0.914. The van der Waals surface area contributed by atoms with Crippen molar-refractivity contribution in [1.29, 1.82) is 0 Å². The third-order valence-electron chi connectivity index (χ3n) is 3.95. The van der Waals surface area contributed by atoms with Gasteiger partial charge in [0.15, 0.2) is 0 Å². The molecule has 1 heterocycles. The van der Waals surface area contributed by atoms with Gasteiger partial charge in [-0.1, -0.05) is 18.2 Å². The smallest absolute Gasteiger partial charge is 0.410 e. The van der Waals surface area contributed by atoms with E-state index in [2.05, 4.69) is 4.90 Å². The molecule has 6 heteroatoms. The van der Waals surface area contributed by atoms with Crippen LogP contribution in [0.5, 0.6) is 5.75 Å². The molecule has 134 valence electrons. The number of rotatable bonds is 4. The van der Waals surface area contributed by atoms with Gasteiger partial charge in [-0.25, -0.2) is 4.79 Å². The van der Waals surface area contributed by atoms with E-state index in [0.29, 0.717) is 38.5 Å². The molecule has 1 aromatic carbocycles. The lowest BCUT2D eigenvalue weighted by Crippen LogP contribution is -2.50. The highest BCUT2D eigenvalue weighted by Gasteiger charge is 2.27. The van der Waals surface area contributed by atoms with Crippen LogP contribution in [0.1, 0.15) is 32.4 Å². The summed E-state index contributed by atoms with van der Waals surface area (Å²) in [7, 11) is 1.60. The maximum atomic E-state index is 12.1. The van der Waals surface area contributed by atoms with Gasteiger partial charge in [0.25, 0.3) is 0 Å². The number of nitrogens with zero attached hydrogens (tertiary/aromatic N) is 2. The van der Waals surface area contributed by atoms with Crippen LogP contribution in [-0.4, -0.2) is 66.4 Å². The topological polar surface area (TPSA) is 62.2 Å². The Labute approximate surface area is 144 Å². The van der Waals surface area contributed by atoms with E-state index >= 15 is 0 Å². The molecule has 1 aliphatic heterocycles. The molecule has 1 N–H and O–H groups in total. The second kappa shape index (κ2) is 7.85. The number of para-hydroxylation sites is 1. The van der Waals surface area contributed by atoms with Gasteiger partial charge in [-0.2, -0.15) is 0 Å². The van der Waals surface area contributed by atoms with Gasteiger partial charge >= 0.3 is 6.09 Å². The standard InChI is InChI=1S/C18H28N2O4/c1-18(2,3)24-17(22)20-11-9-19(10-12-20)13-15(21)14-7-5-6-8-16(14)23-4/h5-8,15,21H,9-13H2,1-4H3.